The molecule has 0 aromatic carbocycles. The Bertz CT molecular complexity index is 275. The highest BCUT2D eigenvalue weighted by Gasteiger charge is 2.00. The second-order valence-electron chi connectivity index (χ2n) is 2.00. The Morgan fingerprint density at radius 1 is 1.73 bits per heavy atom. The number of aromatic nitrogens is 1. The molecule has 3 nitrogen and oxygen atoms in total. The van der Waals surface area contributed by atoms with Crippen LogP contribution in [0.2, 0.25) is 5.15 Å². The normalized spacial score (nSPS) is 9.64. The van der Waals surface area contributed by atoms with Gasteiger partial charge in [-0.25, -0.2) is 4.98 Å². The van der Waals surface area contributed by atoms with E-state index in [1.165, 1.54) is 12.3 Å². The first-order chi connectivity index (χ1) is 5.27. The molecule has 0 saturated carbocycles. The van der Waals surface area contributed by atoms with Crippen molar-refractivity contribution in [2.45, 2.75) is 6.61 Å². The van der Waals surface area contributed by atoms with Crippen molar-refractivity contribution in [2.75, 3.05) is 0 Å². The lowest BCUT2D eigenvalue weighted by Crippen LogP contribution is -1.90. The Balaban J connectivity index is 3.12. The van der Waals surface area contributed by atoms with E-state index >= 15 is 0 Å². The van der Waals surface area contributed by atoms with Gasteiger partial charge in [-0.1, -0.05) is 11.6 Å². The molecule has 11 heavy (non-hydrogen) atoms. The largest absolute Gasteiger partial charge is 0.392 e. The van der Waals surface area contributed by atoms with E-state index in [0.29, 0.717) is 17.4 Å². The molecule has 0 atom stereocenters. The van der Waals surface area contributed by atoms with Crippen LogP contribution in [0, 0.1) is 0 Å². The zero-order valence-corrected chi connectivity index (χ0v) is 6.38. The number of aliphatic hydroxyl groups is 1. The van der Waals surface area contributed by atoms with Gasteiger partial charge in [0, 0.05) is 6.20 Å². The Labute approximate surface area is 68.6 Å². The number of halogens is 1. The molecule has 4 heteroatoms. The third-order valence-electron chi connectivity index (χ3n) is 1.23. The maximum atomic E-state index is 10.3. The van der Waals surface area contributed by atoms with Gasteiger partial charge in [0.15, 0.2) is 6.29 Å². The van der Waals surface area contributed by atoms with E-state index in [1.807, 2.05) is 0 Å². The van der Waals surface area contributed by atoms with Crippen LogP contribution in [0.4, 0.5) is 0 Å². The Hall–Kier alpha value is -0.930. The molecule has 1 N–H and O–H groups in total. The van der Waals surface area contributed by atoms with Gasteiger partial charge >= 0.3 is 0 Å². The molecule has 0 aliphatic rings. The summed E-state index contributed by atoms with van der Waals surface area (Å²) in [6.45, 7) is -0.134. The molecule has 0 spiro atoms. The molecule has 0 unspecified atom stereocenters. The molecule has 1 aromatic rings. The number of nitrogens with zero attached hydrogens (tertiary/aromatic N) is 1. The van der Waals surface area contributed by atoms with Crippen LogP contribution in [0.5, 0.6) is 0 Å². The van der Waals surface area contributed by atoms with E-state index in [1.54, 1.807) is 0 Å². The minimum absolute atomic E-state index is 0.134. The molecule has 0 bridgehead atoms. The lowest BCUT2D eigenvalue weighted by Gasteiger charge is -1.97. The van der Waals surface area contributed by atoms with Crippen LogP contribution in [0.3, 0.4) is 0 Å². The topological polar surface area (TPSA) is 50.2 Å². The number of aliphatic hydroxyl groups excluding tert-OH is 1. The zero-order valence-electron chi connectivity index (χ0n) is 5.62. The monoisotopic (exact) mass is 171 g/mol. The van der Waals surface area contributed by atoms with Gasteiger partial charge in [-0.15, -0.1) is 0 Å². The molecule has 0 saturated heterocycles. The van der Waals surface area contributed by atoms with Crippen LogP contribution in [0.1, 0.15) is 15.9 Å². The van der Waals surface area contributed by atoms with Crippen LogP contribution in [-0.4, -0.2) is 16.4 Å². The van der Waals surface area contributed by atoms with E-state index in [0.717, 1.165) is 0 Å². The van der Waals surface area contributed by atoms with E-state index < -0.39 is 0 Å². The summed E-state index contributed by atoms with van der Waals surface area (Å²) in [6.07, 6.45) is 2.03. The second-order valence-corrected chi connectivity index (χ2v) is 2.36. The molecule has 58 valence electrons. The summed E-state index contributed by atoms with van der Waals surface area (Å²) in [7, 11) is 0. The summed E-state index contributed by atoms with van der Waals surface area (Å²) in [5.74, 6) is 0. The highest BCUT2D eigenvalue weighted by Crippen LogP contribution is 2.11. The molecule has 0 aliphatic heterocycles. The molecule has 1 aromatic heterocycles. The van der Waals surface area contributed by atoms with Crippen molar-refractivity contribution in [3.63, 3.8) is 0 Å². The van der Waals surface area contributed by atoms with Crippen molar-refractivity contribution in [3.8, 4) is 0 Å². The van der Waals surface area contributed by atoms with Crippen molar-refractivity contribution in [1.82, 2.24) is 4.98 Å². The van der Waals surface area contributed by atoms with Gasteiger partial charge in [0.05, 0.1) is 12.2 Å². The fourth-order valence-corrected chi connectivity index (χ4v) is 0.828. The molecule has 1 heterocycles. The SMILES string of the molecule is O=Cc1cc(CO)cnc1Cl. The van der Waals surface area contributed by atoms with Crippen molar-refractivity contribution in [3.05, 3.63) is 28.5 Å². The fourth-order valence-electron chi connectivity index (χ4n) is 0.680. The Morgan fingerprint density at radius 2 is 2.45 bits per heavy atom. The van der Waals surface area contributed by atoms with E-state index in [-0.39, 0.29) is 11.8 Å². The minimum atomic E-state index is -0.134. The highest BCUT2D eigenvalue weighted by atomic mass is 35.5. The summed E-state index contributed by atoms with van der Waals surface area (Å²) >= 11 is 5.53. The van der Waals surface area contributed by atoms with Gasteiger partial charge in [-0.3, -0.25) is 4.79 Å². The molecule has 0 radical (unpaired) electrons. The smallest absolute Gasteiger partial charge is 0.153 e. The average Bonchev–Trinajstić information content (AvgIpc) is 2.05. The van der Waals surface area contributed by atoms with Crippen molar-refractivity contribution in [2.24, 2.45) is 0 Å². The summed E-state index contributed by atoms with van der Waals surface area (Å²) in [4.78, 5) is 14.0. The lowest BCUT2D eigenvalue weighted by molar-refractivity contribution is 0.112. The predicted octanol–water partition coefficient (Wildman–Crippen LogP) is 1.04. The first kappa shape index (κ1) is 8.17. The number of carbonyl (C=O) groups excluding carboxylic acids is 1. The number of rotatable bonds is 2. The fraction of sp³-hybridized carbons (Fsp3) is 0.143. The molecule has 0 aliphatic carbocycles. The van der Waals surface area contributed by atoms with Crippen molar-refractivity contribution >= 4 is 17.9 Å². The standard InChI is InChI=1S/C7H6ClNO2/c8-7-6(4-11)1-5(3-10)2-9-7/h1-2,4,10H,3H2. The third-order valence-corrected chi connectivity index (χ3v) is 1.55. The maximum Gasteiger partial charge on any atom is 0.153 e. The number of carbonyl (C=O) groups is 1. The second kappa shape index (κ2) is 3.46. The minimum Gasteiger partial charge on any atom is -0.392 e. The maximum absolute atomic E-state index is 10.3. The summed E-state index contributed by atoms with van der Waals surface area (Å²) in [5.41, 5.74) is 0.884. The lowest BCUT2D eigenvalue weighted by atomic mass is 10.2. The molecule has 0 fully saturated rings. The van der Waals surface area contributed by atoms with E-state index in [4.69, 9.17) is 16.7 Å². The molecular formula is C7H6ClNO2. The number of hydrogen-bond donors (Lipinski definition) is 1. The summed E-state index contributed by atoms with van der Waals surface area (Å²) in [5, 5.41) is 8.81. The summed E-state index contributed by atoms with van der Waals surface area (Å²) < 4.78 is 0. The first-order valence-corrected chi connectivity index (χ1v) is 3.36. The quantitative estimate of drug-likeness (QED) is 0.534. The van der Waals surface area contributed by atoms with Gasteiger partial charge in [0.2, 0.25) is 0 Å². The van der Waals surface area contributed by atoms with Gasteiger partial charge in [0.1, 0.15) is 5.15 Å². The van der Waals surface area contributed by atoms with Crippen LogP contribution in [-0.2, 0) is 6.61 Å². The van der Waals surface area contributed by atoms with Crippen molar-refractivity contribution in [1.29, 1.82) is 0 Å². The highest BCUT2D eigenvalue weighted by molar-refractivity contribution is 6.31. The zero-order chi connectivity index (χ0) is 8.27. The van der Waals surface area contributed by atoms with Gasteiger partial charge in [-0.2, -0.15) is 0 Å². The average molecular weight is 172 g/mol. The molecule has 0 amide bonds. The van der Waals surface area contributed by atoms with Crippen LogP contribution >= 0.6 is 11.6 Å². The van der Waals surface area contributed by atoms with Gasteiger partial charge < -0.3 is 5.11 Å². The Morgan fingerprint density at radius 3 is 3.00 bits per heavy atom. The molecule has 1 rings (SSSR count). The van der Waals surface area contributed by atoms with Gasteiger partial charge in [0.25, 0.3) is 0 Å². The third kappa shape index (κ3) is 1.76. The van der Waals surface area contributed by atoms with E-state index in [9.17, 15) is 4.79 Å². The first-order valence-electron chi connectivity index (χ1n) is 2.98. The van der Waals surface area contributed by atoms with E-state index in [2.05, 4.69) is 4.98 Å². The Kier molecular flexibility index (Phi) is 2.57. The molecular weight excluding hydrogens is 166 g/mol. The summed E-state index contributed by atoms with van der Waals surface area (Å²) in [6, 6.07) is 1.50. The number of pyridine rings is 1. The van der Waals surface area contributed by atoms with Crippen molar-refractivity contribution < 1.29 is 9.90 Å². The van der Waals surface area contributed by atoms with Crippen LogP contribution < -0.4 is 0 Å². The van der Waals surface area contributed by atoms with Crippen LogP contribution in [0.15, 0.2) is 12.3 Å². The number of aldehydes is 1. The predicted molar refractivity (Wildman–Crippen MR) is 40.6 cm³/mol. The number of hydrogen-bond acceptors (Lipinski definition) is 3. The van der Waals surface area contributed by atoms with Crippen LogP contribution in [0.25, 0.3) is 0 Å². The van der Waals surface area contributed by atoms with Gasteiger partial charge in [-0.05, 0) is 11.6 Å².